The lowest BCUT2D eigenvalue weighted by Crippen LogP contribution is -2.19. The van der Waals surface area contributed by atoms with Crippen molar-refractivity contribution in [2.24, 2.45) is 5.92 Å². The van der Waals surface area contributed by atoms with Crippen molar-refractivity contribution in [1.82, 2.24) is 0 Å². The standard InChI is InChI=1S/C14H25O3PS2/c1-4-6-7-8-9-13(14(15)17-5-2)12(3)18(16)19-10-11-20-18/h13H,3-11H2,1-2H3. The molecule has 1 aliphatic rings. The maximum Gasteiger partial charge on any atom is 0.313 e. The zero-order valence-electron chi connectivity index (χ0n) is 12.4. The third-order valence-corrected chi connectivity index (χ3v) is 12.4. The van der Waals surface area contributed by atoms with E-state index in [1.165, 1.54) is 29.2 Å². The Labute approximate surface area is 130 Å². The number of ether oxygens (including phenoxy) is 1. The largest absolute Gasteiger partial charge is 0.466 e. The van der Waals surface area contributed by atoms with Crippen LogP contribution in [0.3, 0.4) is 0 Å². The molecule has 1 aliphatic heterocycles. The lowest BCUT2D eigenvalue weighted by atomic mass is 10.0. The third kappa shape index (κ3) is 5.16. The van der Waals surface area contributed by atoms with Crippen molar-refractivity contribution in [3.63, 3.8) is 0 Å². The van der Waals surface area contributed by atoms with Crippen LogP contribution < -0.4 is 0 Å². The molecule has 0 aromatic carbocycles. The van der Waals surface area contributed by atoms with Gasteiger partial charge in [0.05, 0.1) is 12.5 Å². The highest BCUT2D eigenvalue weighted by Crippen LogP contribution is 2.79. The maximum atomic E-state index is 12.8. The molecule has 20 heavy (non-hydrogen) atoms. The molecule has 0 amide bonds. The van der Waals surface area contributed by atoms with Gasteiger partial charge in [-0.2, -0.15) is 0 Å². The monoisotopic (exact) mass is 336 g/mol. The highest BCUT2D eigenvalue weighted by molar-refractivity contribution is 8.93. The number of carbonyl (C=O) groups excluding carboxylic acids is 1. The summed E-state index contributed by atoms with van der Waals surface area (Å²) in [7, 11) is 0. The van der Waals surface area contributed by atoms with Crippen LogP contribution in [0.1, 0.15) is 46.0 Å². The second-order valence-corrected chi connectivity index (χ2v) is 13.0. The van der Waals surface area contributed by atoms with E-state index in [9.17, 15) is 9.36 Å². The molecule has 0 saturated carbocycles. The Balaban J connectivity index is 2.68. The summed E-state index contributed by atoms with van der Waals surface area (Å²) in [4.78, 5) is 12.1. The number of hydrogen-bond donors (Lipinski definition) is 0. The van der Waals surface area contributed by atoms with E-state index < -0.39 is 11.5 Å². The molecule has 0 aliphatic carbocycles. The van der Waals surface area contributed by atoms with Gasteiger partial charge >= 0.3 is 5.97 Å². The Morgan fingerprint density at radius 1 is 1.25 bits per heavy atom. The van der Waals surface area contributed by atoms with Crippen molar-refractivity contribution in [3.8, 4) is 0 Å². The highest BCUT2D eigenvalue weighted by atomic mass is 33.1. The van der Waals surface area contributed by atoms with Crippen LogP contribution >= 0.6 is 28.3 Å². The van der Waals surface area contributed by atoms with Gasteiger partial charge < -0.3 is 4.74 Å². The average Bonchev–Trinajstić information content (AvgIpc) is 2.86. The predicted octanol–water partition coefficient (Wildman–Crippen LogP) is 5.32. The third-order valence-electron chi connectivity index (χ3n) is 3.28. The molecule has 6 heteroatoms. The van der Waals surface area contributed by atoms with E-state index in [1.807, 2.05) is 0 Å². The molecule has 116 valence electrons. The lowest BCUT2D eigenvalue weighted by molar-refractivity contribution is -0.146. The summed E-state index contributed by atoms with van der Waals surface area (Å²) in [6.45, 7) is 8.33. The first kappa shape index (κ1) is 18.2. The van der Waals surface area contributed by atoms with Crippen molar-refractivity contribution in [2.75, 3.05) is 18.1 Å². The van der Waals surface area contributed by atoms with Gasteiger partial charge in [0.2, 0.25) is 5.55 Å². The van der Waals surface area contributed by atoms with Gasteiger partial charge in [-0.1, -0.05) is 61.9 Å². The van der Waals surface area contributed by atoms with E-state index >= 15 is 0 Å². The molecule has 0 N–H and O–H groups in total. The van der Waals surface area contributed by atoms with E-state index in [1.54, 1.807) is 6.92 Å². The van der Waals surface area contributed by atoms with E-state index in [0.717, 1.165) is 30.8 Å². The van der Waals surface area contributed by atoms with Gasteiger partial charge in [-0.05, 0) is 13.3 Å². The van der Waals surface area contributed by atoms with Gasteiger partial charge in [0, 0.05) is 16.8 Å². The zero-order chi connectivity index (χ0) is 15.0. The Morgan fingerprint density at radius 3 is 2.45 bits per heavy atom. The fraction of sp³-hybridized carbons (Fsp3) is 0.786. The molecule has 0 spiro atoms. The van der Waals surface area contributed by atoms with Gasteiger partial charge in [0.1, 0.15) is 0 Å². The minimum absolute atomic E-state index is 0.252. The van der Waals surface area contributed by atoms with Gasteiger partial charge in [0.25, 0.3) is 0 Å². The summed E-state index contributed by atoms with van der Waals surface area (Å²) in [6.07, 6.45) is 5.11. The topological polar surface area (TPSA) is 43.4 Å². The molecular formula is C14H25O3PS2. The van der Waals surface area contributed by atoms with Gasteiger partial charge in [-0.3, -0.25) is 9.36 Å². The normalized spacial score (nSPS) is 18.7. The molecule has 3 nitrogen and oxygen atoms in total. The van der Waals surface area contributed by atoms with Crippen LogP contribution in [0.4, 0.5) is 0 Å². The number of rotatable bonds is 9. The number of unbranched alkanes of at least 4 members (excludes halogenated alkanes) is 3. The second-order valence-electron chi connectivity index (χ2n) is 4.81. The average molecular weight is 336 g/mol. The first-order valence-corrected chi connectivity index (χ1v) is 12.2. The fourth-order valence-corrected chi connectivity index (χ4v) is 11.0. The van der Waals surface area contributed by atoms with Crippen molar-refractivity contribution in [3.05, 3.63) is 11.9 Å². The van der Waals surface area contributed by atoms with Gasteiger partial charge in [0.15, 0.2) is 0 Å². The molecule has 0 aromatic rings. The van der Waals surface area contributed by atoms with Gasteiger partial charge in [-0.25, -0.2) is 0 Å². The van der Waals surface area contributed by atoms with Gasteiger partial charge in [-0.15, -0.1) is 0 Å². The van der Waals surface area contributed by atoms with Crippen LogP contribution in [0, 0.1) is 5.92 Å². The van der Waals surface area contributed by atoms with Crippen LogP contribution in [0.2, 0.25) is 0 Å². The van der Waals surface area contributed by atoms with Crippen LogP contribution in [0.15, 0.2) is 11.9 Å². The van der Waals surface area contributed by atoms with E-state index in [4.69, 9.17) is 4.74 Å². The minimum Gasteiger partial charge on any atom is -0.466 e. The number of esters is 1. The second kappa shape index (κ2) is 9.22. The maximum absolute atomic E-state index is 12.8. The zero-order valence-corrected chi connectivity index (χ0v) is 15.0. The lowest BCUT2D eigenvalue weighted by Gasteiger charge is -2.21. The van der Waals surface area contributed by atoms with E-state index in [0.29, 0.717) is 18.3 Å². The molecule has 1 saturated heterocycles. The molecule has 1 atom stereocenters. The van der Waals surface area contributed by atoms with Crippen molar-refractivity contribution >= 4 is 34.3 Å². The fourth-order valence-electron chi connectivity index (χ4n) is 2.15. The van der Waals surface area contributed by atoms with E-state index in [-0.39, 0.29) is 5.97 Å². The summed E-state index contributed by atoms with van der Waals surface area (Å²) in [5.74, 6) is 1.12. The Kier molecular flexibility index (Phi) is 8.38. The summed E-state index contributed by atoms with van der Waals surface area (Å²) in [5.41, 5.74) is -2.51. The first-order valence-electron chi connectivity index (χ1n) is 7.30. The van der Waals surface area contributed by atoms with Crippen LogP contribution in [0.5, 0.6) is 0 Å². The molecule has 1 fully saturated rings. The van der Waals surface area contributed by atoms with Crippen LogP contribution in [-0.4, -0.2) is 24.1 Å². The first-order chi connectivity index (χ1) is 9.55. The number of hydrogen-bond acceptors (Lipinski definition) is 5. The highest BCUT2D eigenvalue weighted by Gasteiger charge is 2.39. The molecular weight excluding hydrogens is 311 g/mol. The molecule has 1 unspecified atom stereocenters. The minimum atomic E-state index is -2.51. The summed E-state index contributed by atoms with van der Waals surface area (Å²) in [6, 6.07) is 0. The summed E-state index contributed by atoms with van der Waals surface area (Å²) < 4.78 is 17.9. The van der Waals surface area contributed by atoms with Crippen molar-refractivity contribution in [1.29, 1.82) is 0 Å². The van der Waals surface area contributed by atoms with E-state index in [2.05, 4.69) is 13.5 Å². The summed E-state index contributed by atoms with van der Waals surface area (Å²) in [5, 5.41) is 0.611. The van der Waals surface area contributed by atoms with Crippen molar-refractivity contribution in [2.45, 2.75) is 46.0 Å². The SMILES string of the molecule is C=C(C(CCCCCC)C(=O)OCC)P1(=O)SCCS1. The number of carbonyl (C=O) groups is 1. The molecule has 1 rings (SSSR count). The quantitative estimate of drug-likeness (QED) is 0.324. The molecule has 1 heterocycles. The van der Waals surface area contributed by atoms with Crippen LogP contribution in [-0.2, 0) is 14.1 Å². The molecule has 0 radical (unpaired) electrons. The van der Waals surface area contributed by atoms with Crippen LogP contribution in [0.25, 0.3) is 0 Å². The van der Waals surface area contributed by atoms with Crippen molar-refractivity contribution < 1.29 is 14.1 Å². The predicted molar refractivity (Wildman–Crippen MR) is 90.5 cm³/mol. The smallest absolute Gasteiger partial charge is 0.313 e. The Morgan fingerprint density at radius 2 is 1.90 bits per heavy atom. The Hall–Kier alpha value is 0.140. The molecule has 0 bridgehead atoms. The molecule has 0 aromatic heterocycles. The summed E-state index contributed by atoms with van der Waals surface area (Å²) >= 11 is 2.94. The Bertz CT molecular complexity index is 375.